The highest BCUT2D eigenvalue weighted by Crippen LogP contribution is 2.21. The molecular weight excluding hydrogens is 246 g/mol. The van der Waals surface area contributed by atoms with E-state index in [0.717, 1.165) is 12.8 Å². The number of hydrogen-bond acceptors (Lipinski definition) is 1. The smallest absolute Gasteiger partial charge is 0.222 e. The molecule has 0 heterocycles. The van der Waals surface area contributed by atoms with Gasteiger partial charge in [0.1, 0.15) is 0 Å². The fourth-order valence-corrected chi connectivity index (χ4v) is 3.11. The van der Waals surface area contributed by atoms with Crippen LogP contribution in [-0.2, 0) is 11.2 Å². The third-order valence-electron chi connectivity index (χ3n) is 4.46. The summed E-state index contributed by atoms with van der Waals surface area (Å²) < 4.78 is 0. The number of rotatable bonds is 5. The van der Waals surface area contributed by atoms with E-state index in [1.165, 1.54) is 44.1 Å². The zero-order valence-electron chi connectivity index (χ0n) is 12.7. The van der Waals surface area contributed by atoms with Crippen LogP contribution in [0.2, 0.25) is 0 Å². The first kappa shape index (κ1) is 15.1. The molecule has 0 N–H and O–H groups in total. The lowest BCUT2D eigenvalue weighted by molar-refractivity contribution is -0.132. The Hall–Kier alpha value is -1.31. The Kier molecular flexibility index (Phi) is 6.10. The minimum atomic E-state index is 0.327. The molecule has 0 radical (unpaired) electrons. The summed E-state index contributed by atoms with van der Waals surface area (Å²) in [5, 5.41) is 0. The van der Waals surface area contributed by atoms with Gasteiger partial charge in [0.25, 0.3) is 0 Å². The van der Waals surface area contributed by atoms with Crippen molar-refractivity contribution in [2.45, 2.75) is 63.8 Å². The molecule has 0 atom stereocenters. The molecule has 1 aromatic carbocycles. The number of hydrogen-bond donors (Lipinski definition) is 0. The molecule has 0 bridgehead atoms. The lowest BCUT2D eigenvalue weighted by Gasteiger charge is -2.27. The van der Waals surface area contributed by atoms with Crippen LogP contribution in [-0.4, -0.2) is 23.9 Å². The van der Waals surface area contributed by atoms with Crippen LogP contribution in [0.25, 0.3) is 0 Å². The minimum absolute atomic E-state index is 0.327. The molecule has 0 saturated heterocycles. The molecule has 2 heteroatoms. The summed E-state index contributed by atoms with van der Waals surface area (Å²) in [7, 11) is 2.00. The van der Waals surface area contributed by atoms with Crippen molar-refractivity contribution in [3.8, 4) is 0 Å². The summed E-state index contributed by atoms with van der Waals surface area (Å²) in [5.74, 6) is 0.327. The quantitative estimate of drug-likeness (QED) is 0.737. The summed E-state index contributed by atoms with van der Waals surface area (Å²) in [6, 6.07) is 10.9. The van der Waals surface area contributed by atoms with Crippen LogP contribution in [0, 0.1) is 0 Å². The average Bonchev–Trinajstić information content (AvgIpc) is 2.76. The van der Waals surface area contributed by atoms with Gasteiger partial charge in [0.15, 0.2) is 0 Å². The Morgan fingerprint density at radius 1 is 1.10 bits per heavy atom. The Balaban J connectivity index is 1.73. The SMILES string of the molecule is CN(C(=O)CCCc1ccccc1)C1CCCCCC1. The fourth-order valence-electron chi connectivity index (χ4n) is 3.11. The second-order valence-electron chi connectivity index (χ2n) is 5.99. The van der Waals surface area contributed by atoms with Crippen LogP contribution in [0.15, 0.2) is 30.3 Å². The van der Waals surface area contributed by atoms with Gasteiger partial charge in [-0.1, -0.05) is 56.0 Å². The minimum Gasteiger partial charge on any atom is -0.343 e. The van der Waals surface area contributed by atoms with Crippen molar-refractivity contribution >= 4 is 5.91 Å². The molecule has 0 aliphatic heterocycles. The highest BCUT2D eigenvalue weighted by molar-refractivity contribution is 5.76. The topological polar surface area (TPSA) is 20.3 Å². The molecular formula is C18H27NO. The molecule has 2 rings (SSSR count). The maximum Gasteiger partial charge on any atom is 0.222 e. The van der Waals surface area contributed by atoms with Gasteiger partial charge in [-0.15, -0.1) is 0 Å². The van der Waals surface area contributed by atoms with Crippen molar-refractivity contribution in [3.05, 3.63) is 35.9 Å². The van der Waals surface area contributed by atoms with E-state index in [1.807, 2.05) is 18.0 Å². The lowest BCUT2D eigenvalue weighted by Crippen LogP contribution is -2.36. The molecule has 0 spiro atoms. The van der Waals surface area contributed by atoms with Crippen molar-refractivity contribution in [1.82, 2.24) is 4.90 Å². The molecule has 1 aliphatic rings. The molecule has 2 nitrogen and oxygen atoms in total. The summed E-state index contributed by atoms with van der Waals surface area (Å²) >= 11 is 0. The highest BCUT2D eigenvalue weighted by Gasteiger charge is 2.20. The molecule has 0 aromatic heterocycles. The van der Waals surface area contributed by atoms with Crippen molar-refractivity contribution in [1.29, 1.82) is 0 Å². The first-order chi connectivity index (χ1) is 9.77. The highest BCUT2D eigenvalue weighted by atomic mass is 16.2. The van der Waals surface area contributed by atoms with E-state index in [0.29, 0.717) is 18.4 Å². The normalized spacial score (nSPS) is 16.6. The Labute approximate surface area is 123 Å². The molecule has 1 amide bonds. The van der Waals surface area contributed by atoms with E-state index >= 15 is 0 Å². The van der Waals surface area contributed by atoms with Gasteiger partial charge in [-0.2, -0.15) is 0 Å². The number of benzene rings is 1. The summed E-state index contributed by atoms with van der Waals surface area (Å²) in [4.78, 5) is 14.3. The van der Waals surface area contributed by atoms with Gasteiger partial charge >= 0.3 is 0 Å². The Morgan fingerprint density at radius 3 is 2.40 bits per heavy atom. The maximum atomic E-state index is 12.3. The summed E-state index contributed by atoms with van der Waals surface area (Å²) in [6.45, 7) is 0. The van der Waals surface area contributed by atoms with E-state index < -0.39 is 0 Å². The second kappa shape index (κ2) is 8.08. The van der Waals surface area contributed by atoms with Crippen LogP contribution in [0.1, 0.15) is 56.9 Å². The van der Waals surface area contributed by atoms with Gasteiger partial charge in [-0.25, -0.2) is 0 Å². The zero-order valence-corrected chi connectivity index (χ0v) is 12.7. The van der Waals surface area contributed by atoms with Gasteiger partial charge in [0, 0.05) is 19.5 Å². The average molecular weight is 273 g/mol. The second-order valence-corrected chi connectivity index (χ2v) is 5.99. The predicted molar refractivity (Wildman–Crippen MR) is 83.6 cm³/mol. The van der Waals surface area contributed by atoms with Gasteiger partial charge in [0.2, 0.25) is 5.91 Å². The van der Waals surface area contributed by atoms with Crippen molar-refractivity contribution in [2.24, 2.45) is 0 Å². The third kappa shape index (κ3) is 4.66. The Bertz CT molecular complexity index is 393. The van der Waals surface area contributed by atoms with Crippen LogP contribution >= 0.6 is 0 Å². The van der Waals surface area contributed by atoms with Crippen molar-refractivity contribution < 1.29 is 4.79 Å². The zero-order chi connectivity index (χ0) is 14.2. The van der Waals surface area contributed by atoms with Crippen LogP contribution in [0.5, 0.6) is 0 Å². The molecule has 1 saturated carbocycles. The van der Waals surface area contributed by atoms with Crippen molar-refractivity contribution in [2.75, 3.05) is 7.05 Å². The van der Waals surface area contributed by atoms with Gasteiger partial charge in [-0.05, 0) is 31.2 Å². The molecule has 1 fully saturated rings. The number of carbonyl (C=O) groups excluding carboxylic acids is 1. The number of carbonyl (C=O) groups is 1. The van der Waals surface area contributed by atoms with E-state index in [1.54, 1.807) is 0 Å². The van der Waals surface area contributed by atoms with E-state index in [2.05, 4.69) is 24.3 Å². The predicted octanol–water partition coefficient (Wildman–Crippen LogP) is 4.19. The monoisotopic (exact) mass is 273 g/mol. The largest absolute Gasteiger partial charge is 0.343 e. The number of nitrogens with zero attached hydrogens (tertiary/aromatic N) is 1. The van der Waals surface area contributed by atoms with E-state index in [4.69, 9.17) is 0 Å². The molecule has 110 valence electrons. The summed E-state index contributed by atoms with van der Waals surface area (Å²) in [6.07, 6.45) is 10.3. The first-order valence-corrected chi connectivity index (χ1v) is 8.07. The van der Waals surface area contributed by atoms with Crippen LogP contribution in [0.3, 0.4) is 0 Å². The molecule has 20 heavy (non-hydrogen) atoms. The number of amides is 1. The number of aryl methyl sites for hydroxylation is 1. The standard InChI is InChI=1S/C18H27NO/c1-19(17-13-7-2-3-8-14-17)18(20)15-9-12-16-10-5-4-6-11-16/h4-6,10-11,17H,2-3,7-9,12-15H2,1H3. The van der Waals surface area contributed by atoms with Gasteiger partial charge < -0.3 is 4.90 Å². The van der Waals surface area contributed by atoms with Crippen molar-refractivity contribution in [3.63, 3.8) is 0 Å². The third-order valence-corrected chi connectivity index (χ3v) is 4.46. The molecule has 0 unspecified atom stereocenters. The van der Waals surface area contributed by atoms with Gasteiger partial charge in [-0.3, -0.25) is 4.79 Å². The molecule has 1 aliphatic carbocycles. The first-order valence-electron chi connectivity index (χ1n) is 8.07. The van der Waals surface area contributed by atoms with Crippen LogP contribution in [0.4, 0.5) is 0 Å². The summed E-state index contributed by atoms with van der Waals surface area (Å²) in [5.41, 5.74) is 1.33. The lowest BCUT2D eigenvalue weighted by atomic mass is 10.1. The Morgan fingerprint density at radius 2 is 1.75 bits per heavy atom. The van der Waals surface area contributed by atoms with Crippen LogP contribution < -0.4 is 0 Å². The van der Waals surface area contributed by atoms with Gasteiger partial charge in [0.05, 0.1) is 0 Å². The van der Waals surface area contributed by atoms with E-state index in [-0.39, 0.29) is 0 Å². The van der Waals surface area contributed by atoms with E-state index in [9.17, 15) is 4.79 Å². The fraction of sp³-hybridized carbons (Fsp3) is 0.611. The molecule has 1 aromatic rings. The maximum absolute atomic E-state index is 12.3.